The standard InChI is InChI=1S/C24H26N4O4/c1-3-19(4-2)26-12-5-13-32-22-11-6-17-14-18(16-25)24(29)27(23(17)15-22)20-7-9-21(10-8-20)28(30)31/h6-11,14-15,19,26H,3-5,12-13H2,1-2H3. The Bertz CT molecular complexity index is 1190. The number of rotatable bonds is 10. The van der Waals surface area contributed by atoms with Gasteiger partial charge in [0.15, 0.2) is 0 Å². The zero-order valence-electron chi connectivity index (χ0n) is 18.2. The number of aromatic nitrogens is 1. The van der Waals surface area contributed by atoms with Crippen LogP contribution in [0, 0.1) is 21.4 Å². The number of nitro benzene ring substituents is 1. The first-order chi connectivity index (χ1) is 15.5. The smallest absolute Gasteiger partial charge is 0.273 e. The number of nitrogens with one attached hydrogen (secondary N) is 1. The van der Waals surface area contributed by atoms with Gasteiger partial charge >= 0.3 is 0 Å². The SMILES string of the molecule is CCC(CC)NCCCOc1ccc2cc(C#N)c(=O)n(-c3ccc([N+](=O)[O-])cc3)c2c1. The van der Waals surface area contributed by atoms with Crippen molar-refractivity contribution in [3.8, 4) is 17.5 Å². The minimum atomic E-state index is -0.500. The van der Waals surface area contributed by atoms with Crippen molar-refractivity contribution in [3.05, 3.63) is 74.6 Å². The van der Waals surface area contributed by atoms with Crippen molar-refractivity contribution in [1.29, 1.82) is 5.26 Å². The highest BCUT2D eigenvalue weighted by Crippen LogP contribution is 2.24. The molecule has 0 spiro atoms. The number of nitrogens with zero attached hydrogens (tertiary/aromatic N) is 3. The van der Waals surface area contributed by atoms with Crippen LogP contribution in [0.25, 0.3) is 16.6 Å². The molecular formula is C24H26N4O4. The van der Waals surface area contributed by atoms with Gasteiger partial charge in [0.05, 0.1) is 17.0 Å². The summed E-state index contributed by atoms with van der Waals surface area (Å²) in [4.78, 5) is 23.4. The molecule has 0 amide bonds. The van der Waals surface area contributed by atoms with Crippen LogP contribution in [0.3, 0.4) is 0 Å². The summed E-state index contributed by atoms with van der Waals surface area (Å²) < 4.78 is 7.28. The van der Waals surface area contributed by atoms with Crippen molar-refractivity contribution in [2.75, 3.05) is 13.2 Å². The molecule has 0 saturated heterocycles. The lowest BCUT2D eigenvalue weighted by molar-refractivity contribution is -0.384. The molecule has 1 heterocycles. The predicted octanol–water partition coefficient (Wildman–Crippen LogP) is 4.32. The molecule has 0 unspecified atom stereocenters. The Kier molecular flexibility index (Phi) is 7.58. The molecule has 2 aromatic carbocycles. The van der Waals surface area contributed by atoms with E-state index in [1.54, 1.807) is 18.2 Å². The van der Waals surface area contributed by atoms with E-state index in [-0.39, 0.29) is 11.3 Å². The van der Waals surface area contributed by atoms with Crippen LogP contribution in [0.15, 0.2) is 53.3 Å². The van der Waals surface area contributed by atoms with Crippen LogP contribution in [0.2, 0.25) is 0 Å². The fourth-order valence-electron chi connectivity index (χ4n) is 3.58. The number of ether oxygens (including phenoxy) is 1. The van der Waals surface area contributed by atoms with Crippen LogP contribution in [0.5, 0.6) is 5.75 Å². The first kappa shape index (κ1) is 23.0. The van der Waals surface area contributed by atoms with E-state index in [1.165, 1.54) is 28.8 Å². The van der Waals surface area contributed by atoms with E-state index < -0.39 is 10.5 Å². The lowest BCUT2D eigenvalue weighted by Gasteiger charge is -2.15. The van der Waals surface area contributed by atoms with Crippen molar-refractivity contribution in [3.63, 3.8) is 0 Å². The van der Waals surface area contributed by atoms with Crippen LogP contribution < -0.4 is 15.6 Å². The molecule has 166 valence electrons. The average Bonchev–Trinajstić information content (AvgIpc) is 2.81. The van der Waals surface area contributed by atoms with E-state index in [4.69, 9.17) is 4.74 Å². The molecule has 8 heteroatoms. The van der Waals surface area contributed by atoms with Crippen molar-refractivity contribution >= 4 is 16.6 Å². The molecule has 0 atom stereocenters. The second kappa shape index (κ2) is 10.6. The minimum absolute atomic E-state index is 0.00278. The summed E-state index contributed by atoms with van der Waals surface area (Å²) in [6, 6.07) is 15.0. The predicted molar refractivity (Wildman–Crippen MR) is 123 cm³/mol. The third-order valence-electron chi connectivity index (χ3n) is 5.42. The molecule has 0 aliphatic rings. The third kappa shape index (κ3) is 5.13. The first-order valence-electron chi connectivity index (χ1n) is 10.7. The van der Waals surface area contributed by atoms with E-state index in [1.807, 2.05) is 12.1 Å². The van der Waals surface area contributed by atoms with Crippen LogP contribution in [-0.4, -0.2) is 28.7 Å². The van der Waals surface area contributed by atoms with Gasteiger partial charge in [0, 0.05) is 35.3 Å². The van der Waals surface area contributed by atoms with Crippen LogP contribution in [-0.2, 0) is 0 Å². The fourth-order valence-corrected chi connectivity index (χ4v) is 3.58. The normalized spacial score (nSPS) is 10.9. The molecule has 0 bridgehead atoms. The van der Waals surface area contributed by atoms with Gasteiger partial charge in [0.1, 0.15) is 17.4 Å². The van der Waals surface area contributed by atoms with Crippen molar-refractivity contribution < 1.29 is 9.66 Å². The number of fused-ring (bicyclic) bond motifs is 1. The van der Waals surface area contributed by atoms with Gasteiger partial charge in [-0.1, -0.05) is 13.8 Å². The van der Waals surface area contributed by atoms with Crippen LogP contribution in [0.1, 0.15) is 38.7 Å². The van der Waals surface area contributed by atoms with Gasteiger partial charge in [-0.25, -0.2) is 0 Å². The number of non-ortho nitro benzene ring substituents is 1. The number of nitriles is 1. The number of pyridine rings is 1. The summed E-state index contributed by atoms with van der Waals surface area (Å²) in [5.41, 5.74) is 0.440. The second-order valence-corrected chi connectivity index (χ2v) is 7.47. The van der Waals surface area contributed by atoms with Crippen LogP contribution in [0.4, 0.5) is 5.69 Å². The number of hydrogen-bond donors (Lipinski definition) is 1. The molecule has 3 aromatic rings. The lowest BCUT2D eigenvalue weighted by atomic mass is 10.1. The molecule has 32 heavy (non-hydrogen) atoms. The first-order valence-corrected chi connectivity index (χ1v) is 10.7. The molecule has 3 rings (SSSR count). The van der Waals surface area contributed by atoms with Gasteiger partial charge in [0.2, 0.25) is 0 Å². The summed E-state index contributed by atoms with van der Waals surface area (Å²) in [6.45, 7) is 5.71. The topological polar surface area (TPSA) is 110 Å². The maximum Gasteiger partial charge on any atom is 0.273 e. The highest BCUT2D eigenvalue weighted by atomic mass is 16.6. The Labute approximate surface area is 186 Å². The summed E-state index contributed by atoms with van der Waals surface area (Å²) >= 11 is 0. The Balaban J connectivity index is 1.89. The minimum Gasteiger partial charge on any atom is -0.493 e. The number of hydrogen-bond acceptors (Lipinski definition) is 6. The number of benzene rings is 2. The van der Waals surface area contributed by atoms with Crippen molar-refractivity contribution in [2.45, 2.75) is 39.2 Å². The van der Waals surface area contributed by atoms with E-state index in [0.717, 1.165) is 25.8 Å². The maximum absolute atomic E-state index is 12.9. The molecular weight excluding hydrogens is 408 g/mol. The molecule has 1 aromatic heterocycles. The van der Waals surface area contributed by atoms with Gasteiger partial charge < -0.3 is 10.1 Å². The molecule has 0 saturated carbocycles. The van der Waals surface area contributed by atoms with E-state index in [0.29, 0.717) is 35.0 Å². The van der Waals surface area contributed by atoms with E-state index >= 15 is 0 Å². The summed E-state index contributed by atoms with van der Waals surface area (Å²) in [5, 5.41) is 24.5. The maximum atomic E-state index is 12.9. The highest BCUT2D eigenvalue weighted by molar-refractivity contribution is 5.83. The molecule has 1 N–H and O–H groups in total. The van der Waals surface area contributed by atoms with Crippen molar-refractivity contribution in [1.82, 2.24) is 9.88 Å². The lowest BCUT2D eigenvalue weighted by Crippen LogP contribution is -2.29. The van der Waals surface area contributed by atoms with Gasteiger partial charge in [-0.3, -0.25) is 19.5 Å². The molecule has 0 aliphatic carbocycles. The monoisotopic (exact) mass is 434 g/mol. The molecule has 8 nitrogen and oxygen atoms in total. The van der Waals surface area contributed by atoms with Gasteiger partial charge in [0.25, 0.3) is 11.2 Å². The Hall–Kier alpha value is -3.70. The number of nitro groups is 1. The van der Waals surface area contributed by atoms with E-state index in [9.17, 15) is 20.2 Å². The highest BCUT2D eigenvalue weighted by Gasteiger charge is 2.13. The van der Waals surface area contributed by atoms with Gasteiger partial charge in [-0.05, 0) is 56.1 Å². The largest absolute Gasteiger partial charge is 0.493 e. The zero-order chi connectivity index (χ0) is 23.1. The summed E-state index contributed by atoms with van der Waals surface area (Å²) in [5.74, 6) is 0.611. The zero-order valence-corrected chi connectivity index (χ0v) is 18.2. The Morgan fingerprint density at radius 3 is 2.50 bits per heavy atom. The quantitative estimate of drug-likeness (QED) is 0.289. The van der Waals surface area contributed by atoms with E-state index in [2.05, 4.69) is 19.2 Å². The van der Waals surface area contributed by atoms with Gasteiger partial charge in [-0.15, -0.1) is 0 Å². The van der Waals surface area contributed by atoms with Crippen LogP contribution >= 0.6 is 0 Å². The Morgan fingerprint density at radius 2 is 1.88 bits per heavy atom. The molecule has 0 fully saturated rings. The second-order valence-electron chi connectivity index (χ2n) is 7.47. The van der Waals surface area contributed by atoms with Gasteiger partial charge in [-0.2, -0.15) is 5.26 Å². The molecule has 0 radical (unpaired) electrons. The summed E-state index contributed by atoms with van der Waals surface area (Å²) in [7, 11) is 0. The summed E-state index contributed by atoms with van der Waals surface area (Å²) in [6.07, 6.45) is 3.02. The fraction of sp³-hybridized carbons (Fsp3) is 0.333. The average molecular weight is 434 g/mol. The third-order valence-corrected chi connectivity index (χ3v) is 5.42. The molecule has 0 aliphatic heterocycles. The Morgan fingerprint density at radius 1 is 1.16 bits per heavy atom. The van der Waals surface area contributed by atoms with Crippen molar-refractivity contribution in [2.24, 2.45) is 0 Å².